The van der Waals surface area contributed by atoms with Crippen LogP contribution in [0.15, 0.2) is 42.9 Å². The Morgan fingerprint density at radius 2 is 1.78 bits per heavy atom. The van der Waals surface area contributed by atoms with Crippen LogP contribution in [0.1, 0.15) is 79.2 Å². The van der Waals surface area contributed by atoms with E-state index in [1.165, 1.54) is 11.1 Å². The van der Waals surface area contributed by atoms with Crippen LogP contribution in [0.5, 0.6) is 0 Å². The Morgan fingerprint density at radius 3 is 2.51 bits per heavy atom. The van der Waals surface area contributed by atoms with E-state index in [1.807, 2.05) is 26.0 Å². The number of nitrogens with zero attached hydrogens (tertiary/aromatic N) is 8. The summed E-state index contributed by atoms with van der Waals surface area (Å²) in [6.07, 6.45) is 0.790. The fourth-order valence-corrected chi connectivity index (χ4v) is 7.33. The minimum atomic E-state index is -4.82. The third-order valence-electron chi connectivity index (χ3n) is 10.1. The van der Waals surface area contributed by atoms with Gasteiger partial charge in [0.25, 0.3) is 5.91 Å². The molecule has 2 fully saturated rings. The zero-order valence-corrected chi connectivity index (χ0v) is 30.2. The van der Waals surface area contributed by atoms with E-state index in [1.54, 1.807) is 27.7 Å². The van der Waals surface area contributed by atoms with Gasteiger partial charge in [0.2, 0.25) is 17.7 Å². The molecule has 3 aliphatic heterocycles. The van der Waals surface area contributed by atoms with E-state index in [9.17, 15) is 37.1 Å². The van der Waals surface area contributed by atoms with E-state index < -0.39 is 35.5 Å². The van der Waals surface area contributed by atoms with E-state index in [2.05, 4.69) is 36.0 Å². The second kappa shape index (κ2) is 15.0. The van der Waals surface area contributed by atoms with Gasteiger partial charge in [0.15, 0.2) is 11.3 Å². The van der Waals surface area contributed by atoms with Crippen LogP contribution in [0.3, 0.4) is 0 Å². The van der Waals surface area contributed by atoms with Crippen LogP contribution in [0, 0.1) is 0 Å². The van der Waals surface area contributed by atoms with Gasteiger partial charge in [-0.25, -0.2) is 14.3 Å². The van der Waals surface area contributed by atoms with Crippen molar-refractivity contribution in [3.8, 4) is 0 Å². The average molecular weight is 764 g/mol. The molecule has 6 heterocycles. The molecule has 3 aliphatic rings. The standard InChI is InChI=1S/C36H40F3N11O5/c1-21(2)31-25(18-40-28-10-11-41-50(28)31)42-35(55)43-26-20-48(45-32(26)36(37,38)39)12-4-3-5-30(52)47-15-13-46(14-16-47)23-6-7-24-22(17-23)19-49(34(24)54)27-8-9-29(51)44-33(27)53/h6-7,10-11,17-18,20-21,27H,3-5,8-9,12-16,19H2,1-2H3,(H2,42,43,55)(H,44,51,53). The Balaban J connectivity index is 0.884. The molecule has 7 rings (SSSR count). The maximum Gasteiger partial charge on any atom is 0.437 e. The molecule has 0 spiro atoms. The number of anilines is 3. The first-order chi connectivity index (χ1) is 26.3. The number of piperidine rings is 1. The minimum Gasteiger partial charge on any atom is -0.368 e. The highest BCUT2D eigenvalue weighted by Gasteiger charge is 2.40. The second-order valence-corrected chi connectivity index (χ2v) is 14.1. The lowest BCUT2D eigenvalue weighted by Crippen LogP contribution is -2.52. The maximum absolute atomic E-state index is 13.9. The molecule has 2 saturated heterocycles. The van der Waals surface area contributed by atoms with Crippen molar-refractivity contribution in [3.05, 3.63) is 65.4 Å². The normalized spacial score (nSPS) is 17.6. The Kier molecular flexibility index (Phi) is 10.2. The Morgan fingerprint density at radius 1 is 1.02 bits per heavy atom. The van der Waals surface area contributed by atoms with Gasteiger partial charge in [-0.2, -0.15) is 23.4 Å². The number of hydrogen-bond donors (Lipinski definition) is 3. The summed E-state index contributed by atoms with van der Waals surface area (Å²) < 4.78 is 44.4. The number of carbonyl (C=O) groups is 5. The molecule has 1 aromatic carbocycles. The number of piperazine rings is 1. The number of halogens is 3. The highest BCUT2D eigenvalue weighted by atomic mass is 19.4. The van der Waals surface area contributed by atoms with Crippen molar-refractivity contribution in [3.63, 3.8) is 0 Å². The lowest BCUT2D eigenvalue weighted by molar-refractivity contribution is -0.141. The van der Waals surface area contributed by atoms with E-state index in [0.717, 1.165) is 22.1 Å². The van der Waals surface area contributed by atoms with Crippen LogP contribution in [0.2, 0.25) is 0 Å². The van der Waals surface area contributed by atoms with Crippen molar-refractivity contribution in [2.24, 2.45) is 0 Å². The number of carbonyl (C=O) groups excluding carboxylic acids is 5. The van der Waals surface area contributed by atoms with Gasteiger partial charge in [0.05, 0.1) is 29.5 Å². The number of fused-ring (bicyclic) bond motifs is 2. The molecule has 1 atom stereocenters. The summed E-state index contributed by atoms with van der Waals surface area (Å²) in [5, 5.41) is 15.1. The van der Waals surface area contributed by atoms with Gasteiger partial charge in [0.1, 0.15) is 6.04 Å². The SMILES string of the molecule is CC(C)c1c(NC(=O)Nc2cn(CCCCC(=O)N3CCN(c4ccc5c(c4)CN(C4CCC(=O)NC4=O)C5=O)CC3)nc2C(F)(F)F)cnc2ccnn12. The van der Waals surface area contributed by atoms with Crippen molar-refractivity contribution in [2.45, 2.75) is 77.2 Å². The fourth-order valence-electron chi connectivity index (χ4n) is 7.33. The number of nitrogens with one attached hydrogen (secondary N) is 3. The number of amides is 6. The zero-order chi connectivity index (χ0) is 39.0. The van der Waals surface area contributed by atoms with E-state index in [4.69, 9.17) is 0 Å². The van der Waals surface area contributed by atoms with Gasteiger partial charge in [-0.15, -0.1) is 0 Å². The van der Waals surface area contributed by atoms with Gasteiger partial charge >= 0.3 is 12.2 Å². The number of rotatable bonds is 10. The number of benzene rings is 1. The molecule has 3 N–H and O–H groups in total. The molecule has 4 aromatic rings. The van der Waals surface area contributed by atoms with Gasteiger partial charge in [-0.1, -0.05) is 13.8 Å². The first-order valence-corrected chi connectivity index (χ1v) is 18.1. The topological polar surface area (TPSA) is 179 Å². The summed E-state index contributed by atoms with van der Waals surface area (Å²) in [5.74, 6) is -1.18. The second-order valence-electron chi connectivity index (χ2n) is 14.1. The van der Waals surface area contributed by atoms with Gasteiger partial charge < -0.3 is 25.3 Å². The lowest BCUT2D eigenvalue weighted by Gasteiger charge is -2.36. The van der Waals surface area contributed by atoms with Crippen LogP contribution in [-0.4, -0.2) is 96.1 Å². The first kappa shape index (κ1) is 37.3. The van der Waals surface area contributed by atoms with E-state index in [-0.39, 0.29) is 56.0 Å². The van der Waals surface area contributed by atoms with Crippen molar-refractivity contribution in [1.82, 2.24) is 39.5 Å². The third kappa shape index (κ3) is 7.81. The van der Waals surface area contributed by atoms with Gasteiger partial charge in [-0.3, -0.25) is 29.2 Å². The van der Waals surface area contributed by atoms with Crippen molar-refractivity contribution in [2.75, 3.05) is 41.7 Å². The summed E-state index contributed by atoms with van der Waals surface area (Å²) in [5.41, 5.74) is 2.00. The van der Waals surface area contributed by atoms with Crippen LogP contribution in [0.25, 0.3) is 5.65 Å². The number of unbranched alkanes of at least 4 members (excludes halogenated alkanes) is 1. The molecule has 290 valence electrons. The molecular weight excluding hydrogens is 723 g/mol. The Bertz CT molecular complexity index is 2160. The predicted octanol–water partition coefficient (Wildman–Crippen LogP) is 3.99. The third-order valence-corrected chi connectivity index (χ3v) is 10.1. The quantitative estimate of drug-likeness (QED) is 0.159. The minimum absolute atomic E-state index is 0.0573. The summed E-state index contributed by atoms with van der Waals surface area (Å²) in [6, 6.07) is 5.66. The Hall–Kier alpha value is -6.01. The summed E-state index contributed by atoms with van der Waals surface area (Å²) in [6.45, 7) is 6.26. The van der Waals surface area contributed by atoms with Gasteiger partial charge in [0, 0.05) is 75.6 Å². The molecule has 19 heteroatoms. The fraction of sp³-hybridized carbons (Fsp3) is 0.444. The van der Waals surface area contributed by atoms with Crippen LogP contribution < -0.4 is 20.9 Å². The molecule has 0 aliphatic carbocycles. The number of hydrogen-bond acceptors (Lipinski definition) is 9. The lowest BCUT2D eigenvalue weighted by atomic mass is 10.0. The molecule has 0 saturated carbocycles. The number of aromatic nitrogens is 5. The monoisotopic (exact) mass is 763 g/mol. The average Bonchev–Trinajstić information content (AvgIpc) is 3.87. The van der Waals surface area contributed by atoms with Crippen LogP contribution in [-0.2, 0) is 33.6 Å². The summed E-state index contributed by atoms with van der Waals surface area (Å²) in [7, 11) is 0. The molecule has 16 nitrogen and oxygen atoms in total. The smallest absolute Gasteiger partial charge is 0.368 e. The maximum atomic E-state index is 13.9. The highest BCUT2D eigenvalue weighted by Crippen LogP contribution is 2.34. The summed E-state index contributed by atoms with van der Waals surface area (Å²) in [4.78, 5) is 72.6. The number of alkyl halides is 3. The van der Waals surface area contributed by atoms with Gasteiger partial charge in [-0.05, 0) is 48.9 Å². The number of imide groups is 1. The van der Waals surface area contributed by atoms with Crippen LogP contribution >= 0.6 is 0 Å². The highest BCUT2D eigenvalue weighted by molar-refractivity contribution is 6.05. The molecule has 1 unspecified atom stereocenters. The molecular formula is C36H40F3N11O5. The largest absolute Gasteiger partial charge is 0.437 e. The molecule has 0 bridgehead atoms. The molecule has 0 radical (unpaired) electrons. The number of aryl methyl sites for hydroxylation is 1. The van der Waals surface area contributed by atoms with Crippen molar-refractivity contribution < 1.29 is 37.1 Å². The van der Waals surface area contributed by atoms with E-state index >= 15 is 0 Å². The molecule has 3 aromatic heterocycles. The molecule has 55 heavy (non-hydrogen) atoms. The zero-order valence-electron chi connectivity index (χ0n) is 30.2. The van der Waals surface area contributed by atoms with Crippen molar-refractivity contribution >= 4 is 52.4 Å². The Labute approximate surface area is 313 Å². The van der Waals surface area contributed by atoms with Crippen LogP contribution in [0.4, 0.5) is 35.0 Å². The van der Waals surface area contributed by atoms with Crippen molar-refractivity contribution in [1.29, 1.82) is 0 Å². The number of urea groups is 1. The predicted molar refractivity (Wildman–Crippen MR) is 192 cm³/mol. The summed E-state index contributed by atoms with van der Waals surface area (Å²) >= 11 is 0. The molecule has 6 amide bonds. The first-order valence-electron chi connectivity index (χ1n) is 18.1. The van der Waals surface area contributed by atoms with E-state index in [0.29, 0.717) is 61.6 Å².